The van der Waals surface area contributed by atoms with Crippen LogP contribution in [0.2, 0.25) is 0 Å². The number of fused-ring (bicyclic) bond motifs is 1. The Labute approximate surface area is 169 Å². The predicted octanol–water partition coefficient (Wildman–Crippen LogP) is 0.267. The van der Waals surface area contributed by atoms with Gasteiger partial charge < -0.3 is 5.61 Å². The molecule has 0 saturated carbocycles. The number of halogens is 1. The van der Waals surface area contributed by atoms with E-state index in [4.69, 9.17) is 5.14 Å². The van der Waals surface area contributed by atoms with Gasteiger partial charge in [-0.05, 0) is 52.9 Å². The smallest absolute Gasteiger partial charge is 1.00 e. The summed E-state index contributed by atoms with van der Waals surface area (Å²) in [5.41, 5.74) is 1.87. The molecule has 110 valence electrons. The largest absolute Gasteiger partial charge is 1.00 e. The molecular weight excluding hydrogens is 446 g/mol. The van der Waals surface area contributed by atoms with E-state index in [9.17, 15) is 8.42 Å². The summed E-state index contributed by atoms with van der Waals surface area (Å²) >= 11 is 3.70. The van der Waals surface area contributed by atoms with E-state index in [0.29, 0.717) is 0 Å². The van der Waals surface area contributed by atoms with Gasteiger partial charge in [0.05, 0.1) is 10.2 Å². The Morgan fingerprint density at radius 3 is 2.59 bits per heavy atom. The molecule has 5 nitrogen and oxygen atoms in total. The zero-order valence-corrected chi connectivity index (χ0v) is 17.3. The third kappa shape index (κ3) is 4.19. The van der Waals surface area contributed by atoms with Gasteiger partial charge in [-0.2, -0.15) is 13.6 Å². The SMILES string of the molecule is NS(=O)(=O)Oc1ccc(-c2nc3ccccc3s2)c(I)c1.[H-].[Na+]. The first kappa shape index (κ1) is 18.1. The molecule has 0 aliphatic heterocycles. The number of nitrogens with two attached hydrogens (primary N) is 1. The van der Waals surface area contributed by atoms with Crippen molar-refractivity contribution < 1.29 is 43.6 Å². The molecule has 3 aromatic rings. The van der Waals surface area contributed by atoms with Gasteiger partial charge in [0, 0.05) is 9.13 Å². The Kier molecular flexibility index (Phi) is 5.86. The fourth-order valence-electron chi connectivity index (χ4n) is 1.84. The minimum Gasteiger partial charge on any atom is -1.00 e. The van der Waals surface area contributed by atoms with Gasteiger partial charge in [0.15, 0.2) is 0 Å². The van der Waals surface area contributed by atoms with Crippen molar-refractivity contribution in [3.63, 3.8) is 0 Å². The first-order valence-electron chi connectivity index (χ1n) is 5.80. The molecule has 9 heteroatoms. The number of thiazole rings is 1. The van der Waals surface area contributed by atoms with Crippen LogP contribution in [-0.2, 0) is 10.3 Å². The van der Waals surface area contributed by atoms with E-state index in [-0.39, 0.29) is 36.7 Å². The quantitative estimate of drug-likeness (QED) is 0.453. The molecule has 1 heterocycles. The molecule has 0 spiro atoms. The van der Waals surface area contributed by atoms with Gasteiger partial charge in [-0.15, -0.1) is 11.3 Å². The number of nitrogens with zero attached hydrogens (tertiary/aromatic N) is 1. The fraction of sp³-hybridized carbons (Fsp3) is 0. The van der Waals surface area contributed by atoms with Crippen LogP contribution in [0.5, 0.6) is 5.75 Å². The number of aromatic nitrogens is 1. The summed E-state index contributed by atoms with van der Waals surface area (Å²) in [6.45, 7) is 0. The molecule has 0 fully saturated rings. The molecule has 2 N–H and O–H groups in total. The fourth-order valence-corrected chi connectivity index (χ4v) is 4.14. The van der Waals surface area contributed by atoms with Crippen LogP contribution in [-0.4, -0.2) is 13.4 Å². The molecule has 0 atom stereocenters. The maximum absolute atomic E-state index is 10.9. The van der Waals surface area contributed by atoms with Crippen molar-refractivity contribution in [2.45, 2.75) is 0 Å². The number of benzene rings is 2. The maximum atomic E-state index is 10.9. The number of hydrogen-bond donors (Lipinski definition) is 1. The van der Waals surface area contributed by atoms with E-state index in [1.807, 2.05) is 24.3 Å². The molecule has 22 heavy (non-hydrogen) atoms. The third-order valence-corrected chi connectivity index (χ3v) is 5.06. The van der Waals surface area contributed by atoms with Crippen molar-refractivity contribution in [1.82, 2.24) is 4.98 Å². The Hall–Kier alpha value is -0.230. The molecule has 3 rings (SSSR count). The molecule has 2 aromatic carbocycles. The standard InChI is InChI=1S/C13H9IN2O3S2.Na.H/c14-10-7-8(19-21(15,17)18)5-6-9(10)13-16-11-3-1-2-4-12(11)20-13;;/h1-7H,(H2,15,17,18);;/q;+1;-1. The molecule has 0 bridgehead atoms. The number of rotatable bonds is 3. The van der Waals surface area contributed by atoms with Gasteiger partial charge >= 0.3 is 39.9 Å². The van der Waals surface area contributed by atoms with Crippen LogP contribution < -0.4 is 38.9 Å². The average molecular weight is 456 g/mol. The van der Waals surface area contributed by atoms with Crippen molar-refractivity contribution in [2.24, 2.45) is 5.14 Å². The summed E-state index contributed by atoms with van der Waals surface area (Å²) in [7, 11) is -4.01. The van der Waals surface area contributed by atoms with Crippen molar-refractivity contribution in [1.29, 1.82) is 0 Å². The van der Waals surface area contributed by atoms with Gasteiger partial charge in [0.2, 0.25) is 0 Å². The summed E-state index contributed by atoms with van der Waals surface area (Å²) in [5.74, 6) is 0.187. The molecular formula is C13H10IN2NaO3S2. The third-order valence-electron chi connectivity index (χ3n) is 2.68. The van der Waals surface area contributed by atoms with Crippen LogP contribution in [0.3, 0.4) is 0 Å². The van der Waals surface area contributed by atoms with Crippen LogP contribution in [0.4, 0.5) is 0 Å². The van der Waals surface area contributed by atoms with E-state index in [1.54, 1.807) is 29.5 Å². The van der Waals surface area contributed by atoms with Crippen LogP contribution >= 0.6 is 33.9 Å². The van der Waals surface area contributed by atoms with Crippen LogP contribution in [0.25, 0.3) is 20.8 Å². The van der Waals surface area contributed by atoms with E-state index in [1.165, 1.54) is 0 Å². The van der Waals surface area contributed by atoms with E-state index in [0.717, 1.165) is 24.4 Å². The Morgan fingerprint density at radius 2 is 1.95 bits per heavy atom. The molecule has 0 unspecified atom stereocenters. The van der Waals surface area contributed by atoms with Crippen LogP contribution in [0, 0.1) is 3.57 Å². The molecule has 0 aliphatic rings. The van der Waals surface area contributed by atoms with Crippen LogP contribution in [0.1, 0.15) is 1.43 Å². The molecule has 1 aromatic heterocycles. The van der Waals surface area contributed by atoms with Gasteiger partial charge in [0.1, 0.15) is 10.8 Å². The van der Waals surface area contributed by atoms with E-state index < -0.39 is 10.3 Å². The molecule has 0 radical (unpaired) electrons. The monoisotopic (exact) mass is 456 g/mol. The molecule has 0 aliphatic carbocycles. The number of hydrogen-bond acceptors (Lipinski definition) is 5. The first-order valence-corrected chi connectivity index (χ1v) is 9.17. The topological polar surface area (TPSA) is 82.3 Å². The Balaban J connectivity index is 0.00000132. The van der Waals surface area contributed by atoms with Crippen molar-refractivity contribution >= 4 is 54.4 Å². The van der Waals surface area contributed by atoms with Crippen molar-refractivity contribution in [2.75, 3.05) is 0 Å². The first-order chi connectivity index (χ1) is 9.92. The second-order valence-electron chi connectivity index (χ2n) is 4.20. The molecule has 0 saturated heterocycles. The average Bonchev–Trinajstić information content (AvgIpc) is 2.80. The minimum atomic E-state index is -4.01. The Morgan fingerprint density at radius 1 is 1.23 bits per heavy atom. The number of para-hydroxylation sites is 1. The van der Waals surface area contributed by atoms with Crippen molar-refractivity contribution in [3.05, 3.63) is 46.0 Å². The second kappa shape index (κ2) is 7.12. The summed E-state index contributed by atoms with van der Waals surface area (Å²) in [5, 5.41) is 5.73. The van der Waals surface area contributed by atoms with E-state index >= 15 is 0 Å². The summed E-state index contributed by atoms with van der Waals surface area (Å²) in [6, 6.07) is 12.8. The zero-order chi connectivity index (χ0) is 15.0. The van der Waals surface area contributed by atoms with Gasteiger partial charge in [-0.3, -0.25) is 0 Å². The summed E-state index contributed by atoms with van der Waals surface area (Å²) in [6.07, 6.45) is 0. The summed E-state index contributed by atoms with van der Waals surface area (Å²) in [4.78, 5) is 4.58. The predicted molar refractivity (Wildman–Crippen MR) is 92.6 cm³/mol. The van der Waals surface area contributed by atoms with Gasteiger partial charge in [0.25, 0.3) is 0 Å². The van der Waals surface area contributed by atoms with Crippen LogP contribution in [0.15, 0.2) is 42.5 Å². The second-order valence-corrected chi connectivity index (χ2v) is 7.55. The molecule has 0 amide bonds. The summed E-state index contributed by atoms with van der Waals surface area (Å²) < 4.78 is 28.5. The van der Waals surface area contributed by atoms with Gasteiger partial charge in [-0.25, -0.2) is 4.98 Å². The maximum Gasteiger partial charge on any atom is 1.00 e. The minimum absolute atomic E-state index is 0. The zero-order valence-electron chi connectivity index (χ0n) is 12.5. The van der Waals surface area contributed by atoms with Crippen molar-refractivity contribution in [3.8, 4) is 16.3 Å². The van der Waals surface area contributed by atoms with Gasteiger partial charge in [-0.1, -0.05) is 12.1 Å². The normalized spacial score (nSPS) is 11.2. The Bertz CT molecular complexity index is 901. The van der Waals surface area contributed by atoms with E-state index in [2.05, 4.69) is 31.8 Å².